The van der Waals surface area contributed by atoms with Gasteiger partial charge in [0.25, 0.3) is 0 Å². The molecule has 2 heterocycles. The van der Waals surface area contributed by atoms with Gasteiger partial charge in [-0.1, -0.05) is 12.1 Å². The van der Waals surface area contributed by atoms with Gasteiger partial charge in [0.1, 0.15) is 6.04 Å². The Balaban J connectivity index is 1.69. The first-order valence-electron chi connectivity index (χ1n) is 10.1. The number of esters is 1. The van der Waals surface area contributed by atoms with Crippen molar-refractivity contribution in [1.82, 2.24) is 14.2 Å². The van der Waals surface area contributed by atoms with Crippen LogP contribution in [0.25, 0.3) is 0 Å². The standard InChI is InChI=1S/C21H26FN5O5S/c1-14-7-8-16(11-23-14)24-21(29)25-17-6-4-5-15(19(17)22)12-26-9-10-27(33(3,30)31)18(13-26)20(28)32-2/h4-8,11,18H,9-10,12-13H2,1-3H3,(H2,24,25,29)/t18-/m0/s1. The summed E-state index contributed by atoms with van der Waals surface area (Å²) in [6, 6.07) is 6.39. The van der Waals surface area contributed by atoms with E-state index in [2.05, 4.69) is 15.6 Å². The highest BCUT2D eigenvalue weighted by Crippen LogP contribution is 2.22. The summed E-state index contributed by atoms with van der Waals surface area (Å²) in [4.78, 5) is 30.3. The maximum atomic E-state index is 15.1. The fraction of sp³-hybridized carbons (Fsp3) is 0.381. The number of rotatable bonds is 6. The van der Waals surface area contributed by atoms with Gasteiger partial charge in [0.05, 0.1) is 30.9 Å². The number of amides is 2. The Morgan fingerprint density at radius 3 is 2.61 bits per heavy atom. The molecule has 1 atom stereocenters. The molecule has 3 rings (SSSR count). The minimum atomic E-state index is -3.61. The average molecular weight is 480 g/mol. The Morgan fingerprint density at radius 2 is 1.97 bits per heavy atom. The number of piperazine rings is 1. The number of carbonyl (C=O) groups excluding carboxylic acids is 2. The van der Waals surface area contributed by atoms with Crippen LogP contribution in [0.15, 0.2) is 36.5 Å². The lowest BCUT2D eigenvalue weighted by atomic mass is 10.1. The number of benzene rings is 1. The number of anilines is 2. The highest BCUT2D eigenvalue weighted by atomic mass is 32.2. The molecule has 1 fully saturated rings. The van der Waals surface area contributed by atoms with Crippen molar-refractivity contribution in [2.75, 3.05) is 43.6 Å². The topological polar surface area (TPSA) is 121 Å². The molecule has 10 nitrogen and oxygen atoms in total. The number of carbonyl (C=O) groups is 2. The molecule has 0 unspecified atom stereocenters. The van der Waals surface area contributed by atoms with Crippen molar-refractivity contribution < 1.29 is 27.1 Å². The van der Waals surface area contributed by atoms with Gasteiger partial charge in [0.2, 0.25) is 10.0 Å². The van der Waals surface area contributed by atoms with Gasteiger partial charge in [-0.3, -0.25) is 14.7 Å². The number of hydrogen-bond donors (Lipinski definition) is 2. The van der Waals surface area contributed by atoms with Gasteiger partial charge >= 0.3 is 12.0 Å². The second kappa shape index (κ2) is 10.2. The van der Waals surface area contributed by atoms with E-state index in [9.17, 15) is 18.0 Å². The summed E-state index contributed by atoms with van der Waals surface area (Å²) in [6.07, 6.45) is 2.53. The van der Waals surface area contributed by atoms with Crippen LogP contribution in [0.3, 0.4) is 0 Å². The number of hydrogen-bond acceptors (Lipinski definition) is 7. The first-order chi connectivity index (χ1) is 15.6. The molecule has 0 aliphatic carbocycles. The van der Waals surface area contributed by atoms with Crippen LogP contribution >= 0.6 is 0 Å². The highest BCUT2D eigenvalue weighted by molar-refractivity contribution is 7.88. The highest BCUT2D eigenvalue weighted by Gasteiger charge is 2.38. The third-order valence-electron chi connectivity index (χ3n) is 5.20. The first-order valence-corrected chi connectivity index (χ1v) is 12.0. The van der Waals surface area contributed by atoms with Crippen molar-refractivity contribution in [2.45, 2.75) is 19.5 Å². The zero-order valence-corrected chi connectivity index (χ0v) is 19.4. The van der Waals surface area contributed by atoms with E-state index >= 15 is 4.39 Å². The lowest BCUT2D eigenvalue weighted by Crippen LogP contribution is -2.57. The van der Waals surface area contributed by atoms with Crippen molar-refractivity contribution in [3.63, 3.8) is 0 Å². The summed E-state index contributed by atoms with van der Waals surface area (Å²) >= 11 is 0. The van der Waals surface area contributed by atoms with Crippen LogP contribution in [0, 0.1) is 12.7 Å². The molecule has 0 bridgehead atoms. The Morgan fingerprint density at radius 1 is 1.21 bits per heavy atom. The normalized spacial score (nSPS) is 17.4. The van der Waals surface area contributed by atoms with Gasteiger partial charge < -0.3 is 15.4 Å². The van der Waals surface area contributed by atoms with E-state index in [0.29, 0.717) is 17.8 Å². The van der Waals surface area contributed by atoms with E-state index in [1.165, 1.54) is 19.4 Å². The minimum Gasteiger partial charge on any atom is -0.468 e. The van der Waals surface area contributed by atoms with E-state index in [4.69, 9.17) is 4.74 Å². The smallest absolute Gasteiger partial charge is 0.325 e. The molecular formula is C21H26FN5O5S. The maximum Gasteiger partial charge on any atom is 0.325 e. The van der Waals surface area contributed by atoms with E-state index < -0.39 is 33.9 Å². The summed E-state index contributed by atoms with van der Waals surface area (Å²) < 4.78 is 45.0. The summed E-state index contributed by atoms with van der Waals surface area (Å²) in [5, 5.41) is 5.07. The number of methoxy groups -OCH3 is 1. The van der Waals surface area contributed by atoms with Crippen LogP contribution in [0.5, 0.6) is 0 Å². The van der Waals surface area contributed by atoms with E-state index in [0.717, 1.165) is 16.3 Å². The van der Waals surface area contributed by atoms with Crippen LogP contribution in [0.4, 0.5) is 20.6 Å². The number of ether oxygens (including phenoxy) is 1. The summed E-state index contributed by atoms with van der Waals surface area (Å²) in [5.74, 6) is -1.29. The molecule has 1 saturated heterocycles. The predicted molar refractivity (Wildman–Crippen MR) is 121 cm³/mol. The quantitative estimate of drug-likeness (QED) is 0.606. The van der Waals surface area contributed by atoms with E-state index in [1.807, 2.05) is 6.92 Å². The van der Waals surface area contributed by atoms with Crippen LogP contribution < -0.4 is 10.6 Å². The molecule has 2 N–H and O–H groups in total. The van der Waals surface area contributed by atoms with Crippen molar-refractivity contribution in [3.8, 4) is 0 Å². The Kier molecular flexibility index (Phi) is 7.61. The summed E-state index contributed by atoms with van der Waals surface area (Å²) in [5.41, 5.74) is 1.55. The number of pyridine rings is 1. The molecule has 178 valence electrons. The lowest BCUT2D eigenvalue weighted by molar-refractivity contribution is -0.147. The second-order valence-corrected chi connectivity index (χ2v) is 9.63. The van der Waals surface area contributed by atoms with Gasteiger partial charge in [0, 0.05) is 37.4 Å². The third kappa shape index (κ3) is 6.24. The predicted octanol–water partition coefficient (Wildman–Crippen LogP) is 1.79. The first kappa shape index (κ1) is 24.6. The molecule has 0 spiro atoms. The fourth-order valence-corrected chi connectivity index (χ4v) is 4.59. The number of aromatic nitrogens is 1. The minimum absolute atomic E-state index is 0.00985. The molecule has 0 saturated carbocycles. The molecule has 2 aromatic rings. The van der Waals surface area contributed by atoms with Gasteiger partial charge in [-0.25, -0.2) is 17.6 Å². The maximum absolute atomic E-state index is 15.1. The van der Waals surface area contributed by atoms with E-state index in [1.54, 1.807) is 29.2 Å². The number of nitrogens with one attached hydrogen (secondary N) is 2. The Hall–Kier alpha value is -3.09. The SMILES string of the molecule is COC(=O)[C@@H]1CN(Cc2cccc(NC(=O)Nc3ccc(C)nc3)c2F)CCN1S(C)(=O)=O. The second-order valence-electron chi connectivity index (χ2n) is 7.69. The number of aryl methyl sites for hydroxylation is 1. The van der Waals surface area contributed by atoms with Gasteiger partial charge in [-0.2, -0.15) is 4.31 Å². The molecule has 0 radical (unpaired) electrons. The van der Waals surface area contributed by atoms with Gasteiger partial charge in [-0.05, 0) is 25.1 Å². The van der Waals surface area contributed by atoms with Crippen molar-refractivity contribution in [1.29, 1.82) is 0 Å². The monoisotopic (exact) mass is 479 g/mol. The van der Waals surface area contributed by atoms with Crippen LogP contribution in [0.2, 0.25) is 0 Å². The molecule has 2 amide bonds. The molecule has 1 aliphatic heterocycles. The third-order valence-corrected chi connectivity index (χ3v) is 6.49. The molecule has 33 heavy (non-hydrogen) atoms. The van der Waals surface area contributed by atoms with Gasteiger partial charge in [0.15, 0.2) is 5.82 Å². The molecular weight excluding hydrogens is 453 g/mol. The van der Waals surface area contributed by atoms with Crippen LogP contribution in [-0.2, 0) is 26.1 Å². The molecule has 1 aliphatic rings. The van der Waals surface area contributed by atoms with E-state index in [-0.39, 0.29) is 25.3 Å². The number of sulfonamides is 1. The van der Waals surface area contributed by atoms with Crippen LogP contribution in [0.1, 0.15) is 11.3 Å². The molecule has 1 aromatic heterocycles. The number of halogens is 1. The van der Waals surface area contributed by atoms with Crippen LogP contribution in [-0.4, -0.2) is 73.6 Å². The van der Waals surface area contributed by atoms with Crippen molar-refractivity contribution in [3.05, 3.63) is 53.6 Å². The molecule has 1 aromatic carbocycles. The largest absolute Gasteiger partial charge is 0.468 e. The Bertz CT molecular complexity index is 1130. The number of nitrogens with zero attached hydrogens (tertiary/aromatic N) is 3. The Labute approximate surface area is 191 Å². The van der Waals surface area contributed by atoms with Crippen molar-refractivity contribution >= 4 is 33.4 Å². The summed E-state index contributed by atoms with van der Waals surface area (Å²) in [6.45, 7) is 2.37. The lowest BCUT2D eigenvalue weighted by Gasteiger charge is -2.38. The van der Waals surface area contributed by atoms with Crippen molar-refractivity contribution in [2.24, 2.45) is 0 Å². The average Bonchev–Trinajstić information content (AvgIpc) is 2.76. The zero-order chi connectivity index (χ0) is 24.2. The zero-order valence-electron chi connectivity index (χ0n) is 18.5. The molecule has 12 heteroatoms. The number of urea groups is 1. The van der Waals surface area contributed by atoms with Gasteiger partial charge in [-0.15, -0.1) is 0 Å². The fourth-order valence-electron chi connectivity index (χ4n) is 3.56. The summed E-state index contributed by atoms with van der Waals surface area (Å²) in [7, 11) is -2.42.